The normalized spacial score (nSPS) is 17.7. The molecule has 0 saturated carbocycles. The van der Waals surface area contributed by atoms with Crippen molar-refractivity contribution in [3.8, 4) is 0 Å². The van der Waals surface area contributed by atoms with Crippen LogP contribution in [0.5, 0.6) is 0 Å². The molecule has 306 valence electrons. The maximum Gasteiger partial charge on any atom is 0.328 e. The van der Waals surface area contributed by atoms with Crippen LogP contribution in [0.2, 0.25) is 0 Å². The van der Waals surface area contributed by atoms with Crippen LogP contribution in [0.25, 0.3) is 0 Å². The molecule has 55 heavy (non-hydrogen) atoms. The maximum absolute atomic E-state index is 13.9. The number of amides is 7. The van der Waals surface area contributed by atoms with Crippen molar-refractivity contribution in [3.63, 3.8) is 0 Å². The average molecular weight is 776 g/mol. The second-order valence-corrected chi connectivity index (χ2v) is 14.2. The van der Waals surface area contributed by atoms with Gasteiger partial charge in [-0.3, -0.25) is 33.6 Å². The summed E-state index contributed by atoms with van der Waals surface area (Å²) >= 11 is 0. The van der Waals surface area contributed by atoms with Crippen molar-refractivity contribution < 1.29 is 53.3 Å². The molecule has 2 unspecified atom stereocenters. The van der Waals surface area contributed by atoms with Gasteiger partial charge < -0.3 is 52.2 Å². The number of rotatable bonds is 21. The third-order valence-corrected chi connectivity index (χ3v) is 9.32. The Morgan fingerprint density at radius 1 is 0.891 bits per heavy atom. The van der Waals surface area contributed by atoms with E-state index < -0.39 is 103 Å². The summed E-state index contributed by atoms with van der Waals surface area (Å²) in [6.45, 7) is 7.65. The number of nitrogens with one attached hydrogen (secondary N) is 5. The first-order valence-electron chi connectivity index (χ1n) is 18.4. The van der Waals surface area contributed by atoms with Gasteiger partial charge in [0.05, 0.1) is 26.2 Å². The van der Waals surface area contributed by atoms with Crippen LogP contribution in [-0.4, -0.2) is 125 Å². The quantitative estimate of drug-likeness (QED) is 0.0643. The highest BCUT2D eigenvalue weighted by Gasteiger charge is 2.42. The molecule has 0 spiro atoms. The van der Waals surface area contributed by atoms with Gasteiger partial charge in [-0.2, -0.15) is 0 Å². The minimum absolute atomic E-state index is 0.0624. The fourth-order valence-electron chi connectivity index (χ4n) is 6.18. The van der Waals surface area contributed by atoms with Crippen molar-refractivity contribution in [3.05, 3.63) is 35.9 Å². The Hall–Kier alpha value is -5.10. The van der Waals surface area contributed by atoms with E-state index in [-0.39, 0.29) is 37.6 Å². The number of esters is 1. The molecule has 18 heteroatoms. The van der Waals surface area contributed by atoms with Gasteiger partial charge in [-0.25, -0.2) is 4.79 Å². The zero-order valence-corrected chi connectivity index (χ0v) is 32.3. The fraction of sp³-hybridized carbons (Fsp3) is 0.622. The molecular weight excluding hydrogens is 718 g/mol. The number of carbonyl (C=O) groups excluding carboxylic acids is 8. The highest BCUT2D eigenvalue weighted by molar-refractivity contribution is 5.96. The predicted octanol–water partition coefficient (Wildman–Crippen LogP) is -1.84. The van der Waals surface area contributed by atoms with Crippen molar-refractivity contribution in [2.45, 2.75) is 115 Å². The molecule has 7 amide bonds. The van der Waals surface area contributed by atoms with E-state index in [4.69, 9.17) is 10.5 Å². The Morgan fingerprint density at radius 3 is 2.04 bits per heavy atom. The number of likely N-dealkylation sites (tertiary alicyclic amines) is 1. The number of primary amides is 1. The number of carbonyl (C=O) groups is 8. The molecule has 1 aromatic carbocycles. The topological polar surface area (TPSA) is 276 Å². The van der Waals surface area contributed by atoms with Gasteiger partial charge in [0, 0.05) is 13.5 Å². The summed E-state index contributed by atoms with van der Waals surface area (Å²) in [6, 6.07) is 0.984. The van der Waals surface area contributed by atoms with Crippen LogP contribution in [-0.2, 0) is 49.5 Å². The maximum atomic E-state index is 13.9. The minimum atomic E-state index is -1.91. The first-order chi connectivity index (χ1) is 25.9. The summed E-state index contributed by atoms with van der Waals surface area (Å²) in [6.07, 6.45) is -1.41. The van der Waals surface area contributed by atoms with Crippen molar-refractivity contribution in [2.75, 3.05) is 20.3 Å². The Balaban J connectivity index is 2.37. The van der Waals surface area contributed by atoms with Gasteiger partial charge in [0.1, 0.15) is 30.2 Å². The van der Waals surface area contributed by atoms with Crippen molar-refractivity contribution in [1.82, 2.24) is 31.5 Å². The molecule has 1 aromatic rings. The van der Waals surface area contributed by atoms with Gasteiger partial charge >= 0.3 is 5.97 Å². The highest BCUT2D eigenvalue weighted by atomic mass is 16.5. The summed E-state index contributed by atoms with van der Waals surface area (Å²) in [5.74, 6) is -6.85. The number of aliphatic hydroxyl groups excluding tert-OH is 2. The molecule has 1 aliphatic heterocycles. The number of aliphatic hydroxyl groups is 2. The van der Waals surface area contributed by atoms with Crippen LogP contribution in [0, 0.1) is 11.8 Å². The molecule has 9 N–H and O–H groups in total. The second kappa shape index (κ2) is 22.3. The monoisotopic (exact) mass is 775 g/mol. The second-order valence-electron chi connectivity index (χ2n) is 14.2. The Labute approximate surface area is 321 Å². The van der Waals surface area contributed by atoms with E-state index in [0.717, 1.165) is 6.92 Å². The van der Waals surface area contributed by atoms with Crippen LogP contribution in [0.1, 0.15) is 72.3 Å². The Morgan fingerprint density at radius 2 is 1.49 bits per heavy atom. The van der Waals surface area contributed by atoms with Gasteiger partial charge in [-0.05, 0) is 43.1 Å². The molecule has 2 rings (SSSR count). The average Bonchev–Trinajstić information content (AvgIpc) is 3.64. The third-order valence-electron chi connectivity index (χ3n) is 9.32. The number of hydrogen-bond acceptors (Lipinski definition) is 11. The molecule has 1 fully saturated rings. The van der Waals surface area contributed by atoms with Crippen LogP contribution < -0.4 is 32.3 Å². The van der Waals surface area contributed by atoms with E-state index in [1.54, 1.807) is 51.1 Å². The lowest BCUT2D eigenvalue weighted by atomic mass is 9.98. The first kappa shape index (κ1) is 46.1. The van der Waals surface area contributed by atoms with E-state index in [0.29, 0.717) is 18.4 Å². The smallest absolute Gasteiger partial charge is 0.328 e. The Kier molecular flexibility index (Phi) is 18.7. The number of ether oxygens (including phenoxy) is 1. The standard InChI is InChI=1S/C37H57N7O11/c1-7-21(4)30(37(54)55-6)43-35(52)28-14-11-15-44(28)36(53)31(48)24(17-23-12-9-8-10-13-23)40-33(50)26(18-29(38)47)42-32(49)25(16-20(2)3)41-34(51)27(19-45)39-22(5)46/h8-10,12-13,20-21,24-28,30-31,45,48H,7,11,14-19H2,1-6H3,(H2,38,47)(H,39,46)(H,40,50)(H,41,51)(H,42,49)(H,43,52)/t21-,24?,25-,26-,27-,28-,30-,31?/m0/s1. The molecule has 1 aliphatic rings. The summed E-state index contributed by atoms with van der Waals surface area (Å²) < 4.78 is 4.87. The summed E-state index contributed by atoms with van der Waals surface area (Å²) in [5, 5.41) is 33.6. The largest absolute Gasteiger partial charge is 0.467 e. The zero-order valence-electron chi connectivity index (χ0n) is 32.3. The van der Waals surface area contributed by atoms with E-state index in [1.165, 1.54) is 12.0 Å². The molecular formula is C37H57N7O11. The summed E-state index contributed by atoms with van der Waals surface area (Å²) in [4.78, 5) is 105. The predicted molar refractivity (Wildman–Crippen MR) is 198 cm³/mol. The molecule has 0 bridgehead atoms. The minimum Gasteiger partial charge on any atom is -0.467 e. The number of methoxy groups -OCH3 is 1. The van der Waals surface area contributed by atoms with Gasteiger partial charge in [-0.1, -0.05) is 64.4 Å². The number of nitrogens with two attached hydrogens (primary N) is 1. The molecule has 1 heterocycles. The Bertz CT molecular complexity index is 1510. The lowest BCUT2D eigenvalue weighted by molar-refractivity contribution is -0.150. The molecule has 0 radical (unpaired) electrons. The van der Waals surface area contributed by atoms with E-state index in [1.807, 2.05) is 6.92 Å². The van der Waals surface area contributed by atoms with Crippen molar-refractivity contribution >= 4 is 47.3 Å². The number of benzene rings is 1. The van der Waals surface area contributed by atoms with Gasteiger partial charge in [0.15, 0.2) is 6.10 Å². The van der Waals surface area contributed by atoms with Crippen LogP contribution in [0.15, 0.2) is 30.3 Å². The highest BCUT2D eigenvalue weighted by Crippen LogP contribution is 2.22. The molecule has 18 nitrogen and oxygen atoms in total. The summed E-state index contributed by atoms with van der Waals surface area (Å²) in [7, 11) is 1.21. The van der Waals surface area contributed by atoms with Crippen molar-refractivity contribution in [1.29, 1.82) is 0 Å². The molecule has 8 atom stereocenters. The third kappa shape index (κ3) is 14.2. The van der Waals surface area contributed by atoms with E-state index >= 15 is 0 Å². The van der Waals surface area contributed by atoms with Gasteiger partial charge in [0.2, 0.25) is 35.4 Å². The van der Waals surface area contributed by atoms with Crippen molar-refractivity contribution in [2.24, 2.45) is 17.6 Å². The number of hydrogen-bond donors (Lipinski definition) is 8. The molecule has 0 aromatic heterocycles. The fourth-order valence-corrected chi connectivity index (χ4v) is 6.18. The van der Waals surface area contributed by atoms with Gasteiger partial charge in [0.25, 0.3) is 5.91 Å². The van der Waals surface area contributed by atoms with E-state index in [9.17, 15) is 48.6 Å². The number of nitrogens with zero attached hydrogens (tertiary/aromatic N) is 1. The lowest BCUT2D eigenvalue weighted by Gasteiger charge is -2.32. The van der Waals surface area contributed by atoms with E-state index in [2.05, 4.69) is 26.6 Å². The lowest BCUT2D eigenvalue weighted by Crippen LogP contribution is -2.61. The summed E-state index contributed by atoms with van der Waals surface area (Å²) in [5.41, 5.74) is 6.05. The first-order valence-corrected chi connectivity index (χ1v) is 18.4. The SMILES string of the molecule is CC[C@H](C)[C@H](NC(=O)[C@@H]1CCCN1C(=O)C(O)C(Cc1ccccc1)NC(=O)[C@H](CC(N)=O)NC(=O)[C@H](CC(C)C)NC(=O)[C@H](CO)NC(C)=O)C(=O)OC. The molecule has 0 aliphatic carbocycles. The van der Waals surface area contributed by atoms with Gasteiger partial charge in [-0.15, -0.1) is 0 Å². The van der Waals surface area contributed by atoms with Crippen LogP contribution in [0.4, 0.5) is 0 Å². The van der Waals surface area contributed by atoms with Crippen LogP contribution in [0.3, 0.4) is 0 Å². The molecule has 1 saturated heterocycles. The van der Waals surface area contributed by atoms with Crippen LogP contribution >= 0.6 is 0 Å². The zero-order chi connectivity index (χ0) is 41.4.